The highest BCUT2D eigenvalue weighted by molar-refractivity contribution is 6.23. The number of halogens is 2. The second kappa shape index (κ2) is 6.14. The first kappa shape index (κ1) is 14.7. The average Bonchev–Trinajstić information content (AvgIpc) is 2.48. The number of methoxy groups -OCH3 is 2. The third-order valence-electron chi connectivity index (χ3n) is 3.23. The van der Waals surface area contributed by atoms with Crippen LogP contribution < -0.4 is 9.47 Å². The zero-order valence-electron chi connectivity index (χ0n) is 11.6. The molecule has 0 heterocycles. The lowest BCUT2D eigenvalue weighted by molar-refractivity contribution is 0.391. The van der Waals surface area contributed by atoms with Gasteiger partial charge in [0, 0.05) is 11.6 Å². The molecule has 2 rings (SSSR count). The van der Waals surface area contributed by atoms with Crippen molar-refractivity contribution in [2.75, 3.05) is 14.2 Å². The minimum Gasteiger partial charge on any atom is -0.497 e. The number of benzene rings is 2. The summed E-state index contributed by atoms with van der Waals surface area (Å²) in [6.07, 6.45) is 0. The van der Waals surface area contributed by atoms with E-state index in [0.29, 0.717) is 11.5 Å². The number of rotatable bonds is 4. The van der Waals surface area contributed by atoms with E-state index in [2.05, 4.69) is 0 Å². The SMILES string of the molecule is COc1ccc(C(Cl)c2cc(F)ccc2C)c(OC)c1. The maximum absolute atomic E-state index is 13.4. The molecular formula is C16H16ClFO2. The van der Waals surface area contributed by atoms with Gasteiger partial charge in [-0.2, -0.15) is 0 Å². The Balaban J connectivity index is 2.47. The molecular weight excluding hydrogens is 279 g/mol. The molecule has 2 aromatic carbocycles. The lowest BCUT2D eigenvalue weighted by Gasteiger charge is -2.17. The molecule has 0 saturated heterocycles. The Morgan fingerprint density at radius 2 is 1.75 bits per heavy atom. The third-order valence-corrected chi connectivity index (χ3v) is 3.70. The van der Waals surface area contributed by atoms with E-state index in [9.17, 15) is 4.39 Å². The summed E-state index contributed by atoms with van der Waals surface area (Å²) in [5, 5.41) is -0.480. The molecule has 0 spiro atoms. The summed E-state index contributed by atoms with van der Waals surface area (Å²) in [6, 6.07) is 10.0. The monoisotopic (exact) mass is 294 g/mol. The van der Waals surface area contributed by atoms with Crippen LogP contribution in [0.4, 0.5) is 4.39 Å². The largest absolute Gasteiger partial charge is 0.497 e. The van der Waals surface area contributed by atoms with E-state index >= 15 is 0 Å². The van der Waals surface area contributed by atoms with Crippen LogP contribution in [0, 0.1) is 12.7 Å². The van der Waals surface area contributed by atoms with Crippen molar-refractivity contribution >= 4 is 11.6 Å². The molecule has 0 saturated carbocycles. The normalized spacial score (nSPS) is 12.1. The number of hydrogen-bond donors (Lipinski definition) is 0. The predicted octanol–water partition coefficient (Wildman–Crippen LogP) is 4.48. The minimum atomic E-state index is -0.480. The van der Waals surface area contributed by atoms with Gasteiger partial charge in [0.05, 0.1) is 19.6 Å². The quantitative estimate of drug-likeness (QED) is 0.774. The van der Waals surface area contributed by atoms with Crippen LogP contribution in [-0.4, -0.2) is 14.2 Å². The van der Waals surface area contributed by atoms with Gasteiger partial charge in [-0.25, -0.2) is 4.39 Å². The molecule has 4 heteroatoms. The van der Waals surface area contributed by atoms with Gasteiger partial charge in [-0.15, -0.1) is 11.6 Å². The molecule has 1 unspecified atom stereocenters. The van der Waals surface area contributed by atoms with Crippen LogP contribution in [0.1, 0.15) is 22.1 Å². The summed E-state index contributed by atoms with van der Waals surface area (Å²) in [6.45, 7) is 1.90. The summed E-state index contributed by atoms with van der Waals surface area (Å²) in [4.78, 5) is 0. The molecule has 0 aliphatic rings. The van der Waals surface area contributed by atoms with E-state index in [1.54, 1.807) is 26.4 Å². The van der Waals surface area contributed by atoms with E-state index in [0.717, 1.165) is 16.7 Å². The van der Waals surface area contributed by atoms with Crippen molar-refractivity contribution in [3.05, 3.63) is 58.9 Å². The van der Waals surface area contributed by atoms with Crippen molar-refractivity contribution in [3.63, 3.8) is 0 Å². The van der Waals surface area contributed by atoms with Gasteiger partial charge < -0.3 is 9.47 Å². The lowest BCUT2D eigenvalue weighted by atomic mass is 9.99. The standard InChI is InChI=1S/C16H16ClFO2/c1-10-4-5-11(18)8-14(10)16(17)13-7-6-12(19-2)9-15(13)20-3/h4-9,16H,1-3H3. The molecule has 0 radical (unpaired) electrons. The van der Waals surface area contributed by atoms with E-state index in [4.69, 9.17) is 21.1 Å². The Bertz CT molecular complexity index is 613. The highest BCUT2D eigenvalue weighted by atomic mass is 35.5. The molecule has 2 nitrogen and oxygen atoms in total. The van der Waals surface area contributed by atoms with Gasteiger partial charge in [0.25, 0.3) is 0 Å². The number of ether oxygens (including phenoxy) is 2. The van der Waals surface area contributed by atoms with Gasteiger partial charge in [0.1, 0.15) is 17.3 Å². The molecule has 2 aromatic rings. The zero-order valence-corrected chi connectivity index (χ0v) is 12.4. The predicted molar refractivity (Wildman–Crippen MR) is 78.4 cm³/mol. The first-order valence-electron chi connectivity index (χ1n) is 6.19. The number of aryl methyl sites for hydroxylation is 1. The lowest BCUT2D eigenvalue weighted by Crippen LogP contribution is -2.00. The molecule has 0 aliphatic carbocycles. The van der Waals surface area contributed by atoms with Gasteiger partial charge in [-0.1, -0.05) is 6.07 Å². The van der Waals surface area contributed by atoms with Crippen molar-refractivity contribution in [2.24, 2.45) is 0 Å². The molecule has 0 amide bonds. The molecule has 0 fully saturated rings. The first-order valence-corrected chi connectivity index (χ1v) is 6.62. The van der Waals surface area contributed by atoms with Crippen LogP contribution in [0.2, 0.25) is 0 Å². The summed E-state index contributed by atoms with van der Waals surface area (Å²) in [7, 11) is 3.16. The molecule has 0 N–H and O–H groups in total. The van der Waals surface area contributed by atoms with Crippen LogP contribution in [0.5, 0.6) is 11.5 Å². The van der Waals surface area contributed by atoms with Crippen molar-refractivity contribution < 1.29 is 13.9 Å². The molecule has 0 bridgehead atoms. The Morgan fingerprint density at radius 3 is 2.40 bits per heavy atom. The summed E-state index contributed by atoms with van der Waals surface area (Å²) in [5.74, 6) is 1.00. The fraction of sp³-hybridized carbons (Fsp3) is 0.250. The summed E-state index contributed by atoms with van der Waals surface area (Å²) in [5.41, 5.74) is 2.45. The Morgan fingerprint density at radius 1 is 1.00 bits per heavy atom. The Kier molecular flexibility index (Phi) is 4.50. The summed E-state index contributed by atoms with van der Waals surface area (Å²) >= 11 is 6.50. The van der Waals surface area contributed by atoms with E-state index < -0.39 is 5.38 Å². The van der Waals surface area contributed by atoms with Crippen LogP contribution in [0.15, 0.2) is 36.4 Å². The highest BCUT2D eigenvalue weighted by Crippen LogP contribution is 2.38. The van der Waals surface area contributed by atoms with Crippen LogP contribution >= 0.6 is 11.6 Å². The fourth-order valence-electron chi connectivity index (χ4n) is 2.08. The second-order valence-electron chi connectivity index (χ2n) is 4.47. The van der Waals surface area contributed by atoms with E-state index in [-0.39, 0.29) is 5.82 Å². The number of alkyl halides is 1. The topological polar surface area (TPSA) is 18.5 Å². The van der Waals surface area contributed by atoms with E-state index in [1.165, 1.54) is 12.1 Å². The molecule has 20 heavy (non-hydrogen) atoms. The molecule has 0 aromatic heterocycles. The number of hydrogen-bond acceptors (Lipinski definition) is 2. The van der Waals surface area contributed by atoms with Crippen molar-refractivity contribution in [1.82, 2.24) is 0 Å². The average molecular weight is 295 g/mol. The third kappa shape index (κ3) is 2.88. The van der Waals surface area contributed by atoms with Gasteiger partial charge in [-0.3, -0.25) is 0 Å². The summed E-state index contributed by atoms with van der Waals surface area (Å²) < 4.78 is 23.9. The van der Waals surface area contributed by atoms with Gasteiger partial charge in [0.15, 0.2) is 0 Å². The Labute approximate surface area is 123 Å². The smallest absolute Gasteiger partial charge is 0.127 e. The van der Waals surface area contributed by atoms with Crippen molar-refractivity contribution in [1.29, 1.82) is 0 Å². The fourth-order valence-corrected chi connectivity index (χ4v) is 2.50. The maximum Gasteiger partial charge on any atom is 0.127 e. The van der Waals surface area contributed by atoms with Crippen LogP contribution in [0.3, 0.4) is 0 Å². The van der Waals surface area contributed by atoms with Crippen LogP contribution in [0.25, 0.3) is 0 Å². The van der Waals surface area contributed by atoms with E-state index in [1.807, 2.05) is 19.1 Å². The Hall–Kier alpha value is -1.74. The minimum absolute atomic E-state index is 0.302. The molecule has 0 aliphatic heterocycles. The van der Waals surface area contributed by atoms with Gasteiger partial charge in [-0.05, 0) is 42.3 Å². The zero-order chi connectivity index (χ0) is 14.7. The van der Waals surface area contributed by atoms with Crippen LogP contribution in [-0.2, 0) is 0 Å². The van der Waals surface area contributed by atoms with Crippen molar-refractivity contribution in [3.8, 4) is 11.5 Å². The molecule has 1 atom stereocenters. The second-order valence-corrected chi connectivity index (χ2v) is 4.91. The first-order chi connectivity index (χ1) is 9.56. The maximum atomic E-state index is 13.4. The van der Waals surface area contributed by atoms with Gasteiger partial charge >= 0.3 is 0 Å². The van der Waals surface area contributed by atoms with Crippen molar-refractivity contribution in [2.45, 2.75) is 12.3 Å². The van der Waals surface area contributed by atoms with Gasteiger partial charge in [0.2, 0.25) is 0 Å². The highest BCUT2D eigenvalue weighted by Gasteiger charge is 2.18. The molecule has 106 valence electrons.